The van der Waals surface area contributed by atoms with Crippen molar-refractivity contribution < 1.29 is 78.0 Å². The van der Waals surface area contributed by atoms with E-state index in [1.54, 1.807) is 66.9 Å². The molecule has 0 radical (unpaired) electrons. The highest BCUT2D eigenvalue weighted by Crippen LogP contribution is 2.22. The van der Waals surface area contributed by atoms with Gasteiger partial charge < -0.3 is 101 Å². The normalized spacial score (nSPS) is 20.0. The van der Waals surface area contributed by atoms with Crippen molar-refractivity contribution >= 4 is 112 Å². The molecule has 1 fully saturated rings. The summed E-state index contributed by atoms with van der Waals surface area (Å²) in [5, 5.41) is 67.9. The number of aromatic amines is 1. The molecule has 1 saturated heterocycles. The first-order valence-corrected chi connectivity index (χ1v) is 35.0. The molecular formula is C69H93N15O16S2. The average Bonchev–Trinajstić information content (AvgIpc) is 1.58. The van der Waals surface area contributed by atoms with Crippen LogP contribution in [0.1, 0.15) is 68.7 Å². The van der Waals surface area contributed by atoms with Gasteiger partial charge in [-0.15, -0.1) is 0 Å². The highest BCUT2D eigenvalue weighted by atomic mass is 32.2. The molecule has 4 aromatic carbocycles. The number of para-hydroxylation sites is 1. The lowest BCUT2D eigenvalue weighted by atomic mass is 10.00. The molecule has 2 unspecified atom stereocenters. The predicted octanol–water partition coefficient (Wildman–Crippen LogP) is -3.10. The maximum absolute atomic E-state index is 15.2. The van der Waals surface area contributed by atoms with Gasteiger partial charge in [-0.3, -0.25) is 57.5 Å². The minimum Gasteiger partial charge on any atom is -0.508 e. The number of aliphatic hydroxyl groups excluding tert-OH is 3. The number of thiol groups is 1. The number of amides is 11. The first-order valence-electron chi connectivity index (χ1n) is 33.2. The number of aromatic nitrogens is 1. The Hall–Kier alpha value is -9.64. The zero-order valence-corrected chi connectivity index (χ0v) is 58.7. The van der Waals surface area contributed by atoms with E-state index < -0.39 is 163 Å². The third kappa shape index (κ3) is 24.6. The second-order valence-electron chi connectivity index (χ2n) is 24.9. The standard InChI is InChI=1S/C69H93N15O16S2/c1-37(86)54(34-85)80-68(99)59(39(3)88)83-65(96)55(35-101)81-63(94)50(28-41-17-21-44(71)22-18-41)76-60(91)47(72)33-74-57(90)36-102-27-25-56-66(97)78-51(29-42-19-23-45(89)24-20-42)62(93)77-52(31-43-32-73-48-15-9-8-14-46(43)48)64(95)75-49(16-10-11-26-70)61(92)82-58(38(2)87)67(98)79-53(69(100)84(56)4)30-40-12-6-5-7-13-40/h5-9,12-15,17-24,32,38-39,47,49-56,58-59,73,85,87-89,101H,10-11,16,25-31,33-36,70-72H2,1-4H3,(H,74,90)(H,75,95)(H,76,91)(H,77,93)(H,78,97)(H,79,98)(H,80,99)(H,81,94)(H,82,92)(H,83,96)/t38?,39?,47-,49-,50-,51-,52+,53-,54-,55-,56-,58-,59-/m0/s1. The summed E-state index contributed by atoms with van der Waals surface area (Å²) in [7, 11) is 1.31. The number of nitrogen functional groups attached to an aromatic ring is 1. The number of fused-ring (bicyclic) bond motifs is 1. The molecule has 0 spiro atoms. The Bertz CT molecular complexity index is 3700. The molecule has 31 nitrogen and oxygen atoms in total. The van der Waals surface area contributed by atoms with Crippen molar-refractivity contribution in [3.63, 3.8) is 0 Å². The highest BCUT2D eigenvalue weighted by Gasteiger charge is 2.40. The summed E-state index contributed by atoms with van der Waals surface area (Å²) in [5.41, 5.74) is 21.2. The van der Waals surface area contributed by atoms with Crippen molar-refractivity contribution in [2.45, 2.75) is 151 Å². The quantitative estimate of drug-likeness (QED) is 0.0115. The number of anilines is 1. The second kappa shape index (κ2) is 40.1. The zero-order valence-electron chi connectivity index (χ0n) is 57.0. The summed E-state index contributed by atoms with van der Waals surface area (Å²) in [4.78, 5) is 173. The van der Waals surface area contributed by atoms with Gasteiger partial charge in [0.15, 0.2) is 5.78 Å². The van der Waals surface area contributed by atoms with E-state index in [2.05, 4.69) is 70.8 Å². The zero-order chi connectivity index (χ0) is 74.7. The molecule has 6 rings (SSSR count). The van der Waals surface area contributed by atoms with Gasteiger partial charge in [-0.2, -0.15) is 24.4 Å². The van der Waals surface area contributed by atoms with E-state index in [1.165, 1.54) is 45.2 Å². The topological polar surface area (TPSA) is 503 Å². The van der Waals surface area contributed by atoms with Crippen LogP contribution in [0.15, 0.2) is 109 Å². The number of ketones is 1. The molecule has 1 aromatic heterocycles. The molecule has 0 aliphatic carbocycles. The third-order valence-corrected chi connectivity index (χ3v) is 18.3. The van der Waals surface area contributed by atoms with Gasteiger partial charge in [-0.05, 0) is 111 Å². The van der Waals surface area contributed by atoms with Crippen molar-refractivity contribution in [2.24, 2.45) is 11.5 Å². The number of hydrogen-bond donors (Lipinski definition) is 19. The van der Waals surface area contributed by atoms with Gasteiger partial charge in [0.2, 0.25) is 65.0 Å². The summed E-state index contributed by atoms with van der Waals surface area (Å²) >= 11 is 5.20. The van der Waals surface area contributed by atoms with Gasteiger partial charge >= 0.3 is 0 Å². The van der Waals surface area contributed by atoms with E-state index in [1.807, 2.05) is 18.2 Å². The van der Waals surface area contributed by atoms with Gasteiger partial charge in [0, 0.05) is 67.8 Å². The second-order valence-corrected chi connectivity index (χ2v) is 26.4. The Balaban J connectivity index is 1.24. The monoisotopic (exact) mass is 1450 g/mol. The molecule has 1 aliphatic rings. The van der Waals surface area contributed by atoms with Crippen LogP contribution in [0.3, 0.4) is 0 Å². The fourth-order valence-electron chi connectivity index (χ4n) is 11.0. The lowest BCUT2D eigenvalue weighted by Gasteiger charge is -2.33. The van der Waals surface area contributed by atoms with E-state index in [0.717, 1.165) is 29.1 Å². The molecule has 1 aliphatic heterocycles. The number of nitrogens with one attached hydrogen (secondary N) is 11. The maximum Gasteiger partial charge on any atom is 0.245 e. The molecule has 102 heavy (non-hydrogen) atoms. The first-order chi connectivity index (χ1) is 48.6. The van der Waals surface area contributed by atoms with E-state index in [9.17, 15) is 63.6 Å². The van der Waals surface area contributed by atoms with Crippen LogP contribution in [0.5, 0.6) is 5.75 Å². The van der Waals surface area contributed by atoms with Crippen LogP contribution in [-0.2, 0) is 83.2 Å². The fourth-order valence-corrected chi connectivity index (χ4v) is 12.1. The predicted molar refractivity (Wildman–Crippen MR) is 383 cm³/mol. The third-order valence-electron chi connectivity index (χ3n) is 16.9. The number of hydrogen-bond acceptors (Lipinski definition) is 21. The Morgan fingerprint density at radius 1 is 0.637 bits per heavy atom. The smallest absolute Gasteiger partial charge is 0.245 e. The fraction of sp³-hybridized carbons (Fsp3) is 0.449. The summed E-state index contributed by atoms with van der Waals surface area (Å²) in [5.74, 6) is -11.2. The molecule has 0 saturated carbocycles. The Labute approximate surface area is 599 Å². The van der Waals surface area contributed by atoms with Crippen LogP contribution in [0.4, 0.5) is 5.69 Å². The Morgan fingerprint density at radius 3 is 1.84 bits per heavy atom. The number of Topliss-reactive ketones (excluding diaryl/α,β-unsaturated/α-hetero) is 1. The van der Waals surface area contributed by atoms with E-state index in [-0.39, 0.29) is 68.1 Å². The number of aliphatic hydroxyl groups is 3. The average molecular weight is 1450 g/mol. The number of nitrogens with zero attached hydrogens (tertiary/aromatic N) is 1. The summed E-state index contributed by atoms with van der Waals surface area (Å²) < 4.78 is 0. The number of H-pyrrole nitrogens is 1. The van der Waals surface area contributed by atoms with Crippen molar-refractivity contribution in [1.29, 1.82) is 0 Å². The van der Waals surface area contributed by atoms with E-state index in [4.69, 9.17) is 17.2 Å². The van der Waals surface area contributed by atoms with Gasteiger partial charge in [-0.1, -0.05) is 72.8 Å². The molecule has 11 amide bonds. The lowest BCUT2D eigenvalue weighted by Crippen LogP contribution is -2.63. The largest absolute Gasteiger partial charge is 0.508 e. The number of phenolic OH excluding ortho intramolecular Hbond substituents is 1. The lowest BCUT2D eigenvalue weighted by molar-refractivity contribution is -0.143. The van der Waals surface area contributed by atoms with Crippen LogP contribution >= 0.6 is 24.4 Å². The van der Waals surface area contributed by atoms with Crippen LogP contribution < -0.4 is 70.4 Å². The number of carbonyl (C=O) groups is 12. The van der Waals surface area contributed by atoms with E-state index >= 15 is 14.4 Å². The molecule has 33 heteroatoms. The van der Waals surface area contributed by atoms with Crippen molar-refractivity contribution in [2.75, 3.05) is 49.7 Å². The SMILES string of the molecule is CC(=O)[C@H](CO)NC(=O)[C@@H](NC(=O)[C@H](CS)NC(=O)[C@H](Cc1ccc(N)cc1)NC(=O)[C@@H](N)CNC(=O)CSCC[C@H]1C(=O)N[C@@H](Cc2ccc(O)cc2)C(=O)N[C@H](Cc2c[nH]c3ccccc23)C(=O)N[C@@H](CCCCN)C(=O)N[C@@H](C(C)O)C(=O)N[C@@H](Cc2ccccc2)C(=O)N1C)C(C)O. The van der Waals surface area contributed by atoms with E-state index in [0.29, 0.717) is 46.2 Å². The van der Waals surface area contributed by atoms with Crippen LogP contribution in [-0.4, -0.2) is 224 Å². The summed E-state index contributed by atoms with van der Waals surface area (Å²) in [6, 6.07) is 11.5. The molecule has 2 heterocycles. The van der Waals surface area contributed by atoms with Gasteiger partial charge in [0.25, 0.3) is 0 Å². The van der Waals surface area contributed by atoms with Crippen molar-refractivity contribution in [3.05, 3.63) is 132 Å². The molecule has 552 valence electrons. The minimum atomic E-state index is -1.71. The number of likely N-dealkylation sites (N-methyl/N-ethyl adjacent to an activating group) is 1. The number of benzene rings is 4. The molecule has 13 atom stereocenters. The van der Waals surface area contributed by atoms with Gasteiger partial charge in [0.1, 0.15) is 72.2 Å². The van der Waals surface area contributed by atoms with Gasteiger partial charge in [-0.25, -0.2) is 0 Å². The van der Waals surface area contributed by atoms with Crippen molar-refractivity contribution in [3.8, 4) is 5.75 Å². The number of rotatable bonds is 32. The number of aromatic hydroxyl groups is 1. The maximum atomic E-state index is 15.2. The number of carbonyl (C=O) groups excluding carboxylic acids is 12. The highest BCUT2D eigenvalue weighted by molar-refractivity contribution is 7.99. The molecular weight excluding hydrogens is 1360 g/mol. The molecule has 5 aromatic rings. The summed E-state index contributed by atoms with van der Waals surface area (Å²) in [6.45, 7) is 2.56. The van der Waals surface area contributed by atoms with Crippen LogP contribution in [0.2, 0.25) is 0 Å². The number of thioether (sulfide) groups is 1. The number of phenols is 1. The van der Waals surface area contributed by atoms with Crippen molar-refractivity contribution in [1.82, 2.24) is 63.1 Å². The molecule has 21 N–H and O–H groups in total. The minimum absolute atomic E-state index is 0.0114. The van der Waals surface area contributed by atoms with Crippen LogP contribution in [0, 0.1) is 0 Å². The first kappa shape index (κ1) is 81.3. The summed E-state index contributed by atoms with van der Waals surface area (Å²) in [6.07, 6.45) is -1.58. The number of nitrogens with two attached hydrogens (primary N) is 3. The molecule has 0 bridgehead atoms. The Morgan fingerprint density at radius 2 is 1.21 bits per heavy atom. The number of unbranched alkanes of at least 4 members (excludes halogenated alkanes) is 1. The Kier molecular flexibility index (Phi) is 32.0. The van der Waals surface area contributed by atoms with Gasteiger partial charge in [0.05, 0.1) is 24.6 Å². The van der Waals surface area contributed by atoms with Crippen LogP contribution in [0.25, 0.3) is 10.9 Å².